The molecule has 4 aliphatic heterocycles. The van der Waals surface area contributed by atoms with E-state index in [1.54, 1.807) is 6.92 Å². The first-order chi connectivity index (χ1) is 11.0. The molecule has 5 nitrogen and oxygen atoms in total. The van der Waals surface area contributed by atoms with Crippen LogP contribution in [0.2, 0.25) is 0 Å². The van der Waals surface area contributed by atoms with Crippen LogP contribution in [-0.2, 0) is 19.2 Å². The van der Waals surface area contributed by atoms with Gasteiger partial charge < -0.3 is 14.6 Å². The Hall–Kier alpha value is -0.410. The first-order valence-corrected chi connectivity index (χ1v) is 8.55. The van der Waals surface area contributed by atoms with E-state index in [9.17, 15) is 18.3 Å². The topological polar surface area (TPSA) is 57.2 Å². The Labute approximate surface area is 138 Å². The molecule has 0 unspecified atom stereocenters. The van der Waals surface area contributed by atoms with Crippen molar-refractivity contribution in [2.24, 2.45) is 23.7 Å². The standard InChI is InChI=1S/C16H23F3O5/c1-8-4-5-11-9(2)15(20,16(17,18)19)22-12-14(11)10(8)6-7-13(3,21-12)23-24-14/h8-12,20H,4-7H2,1-3H3/t8-,9-,10+,11+,12+,13+,14-,15+/m1/s1. The molecule has 2 bridgehead atoms. The molecule has 4 saturated heterocycles. The molecule has 4 heterocycles. The highest BCUT2D eigenvalue weighted by Crippen LogP contribution is 2.63. The summed E-state index contributed by atoms with van der Waals surface area (Å²) in [6.07, 6.45) is -3.70. The maximum atomic E-state index is 13.6. The van der Waals surface area contributed by atoms with Crippen molar-refractivity contribution in [3.05, 3.63) is 0 Å². The van der Waals surface area contributed by atoms with Gasteiger partial charge in [-0.15, -0.1) is 0 Å². The van der Waals surface area contributed by atoms with Crippen molar-refractivity contribution in [1.82, 2.24) is 0 Å². The van der Waals surface area contributed by atoms with Crippen LogP contribution >= 0.6 is 0 Å². The van der Waals surface area contributed by atoms with Gasteiger partial charge in [0.1, 0.15) is 0 Å². The normalized spacial score (nSPS) is 57.4. The van der Waals surface area contributed by atoms with Crippen LogP contribution in [0, 0.1) is 23.7 Å². The van der Waals surface area contributed by atoms with Crippen molar-refractivity contribution >= 4 is 0 Å². The second-order valence-corrected chi connectivity index (χ2v) is 8.01. The van der Waals surface area contributed by atoms with Gasteiger partial charge in [0, 0.05) is 18.3 Å². The summed E-state index contributed by atoms with van der Waals surface area (Å²) < 4.78 is 51.7. The van der Waals surface area contributed by atoms with Gasteiger partial charge in [-0.2, -0.15) is 13.2 Å². The van der Waals surface area contributed by atoms with Crippen molar-refractivity contribution in [3.63, 3.8) is 0 Å². The van der Waals surface area contributed by atoms with Crippen LogP contribution in [0.25, 0.3) is 0 Å². The van der Waals surface area contributed by atoms with Gasteiger partial charge >= 0.3 is 6.18 Å². The van der Waals surface area contributed by atoms with E-state index in [0.29, 0.717) is 12.8 Å². The average Bonchev–Trinajstić information content (AvgIpc) is 2.70. The van der Waals surface area contributed by atoms with E-state index >= 15 is 0 Å². The zero-order valence-corrected chi connectivity index (χ0v) is 13.9. The molecule has 5 fully saturated rings. The van der Waals surface area contributed by atoms with Gasteiger partial charge in [-0.3, -0.25) is 0 Å². The summed E-state index contributed by atoms with van der Waals surface area (Å²) >= 11 is 0. The van der Waals surface area contributed by atoms with E-state index < -0.39 is 41.5 Å². The van der Waals surface area contributed by atoms with Gasteiger partial charge in [0.2, 0.25) is 5.79 Å². The fraction of sp³-hybridized carbons (Fsp3) is 1.00. The number of fused-ring (bicyclic) bond motifs is 2. The summed E-state index contributed by atoms with van der Waals surface area (Å²) in [4.78, 5) is 11.3. The first-order valence-electron chi connectivity index (χ1n) is 8.55. The van der Waals surface area contributed by atoms with E-state index in [1.165, 1.54) is 6.92 Å². The lowest BCUT2D eigenvalue weighted by molar-refractivity contribution is -0.597. The van der Waals surface area contributed by atoms with Gasteiger partial charge in [0.15, 0.2) is 11.9 Å². The molecule has 5 aliphatic rings. The summed E-state index contributed by atoms with van der Waals surface area (Å²) in [5.41, 5.74) is -1.11. The molecule has 1 saturated carbocycles. The predicted molar refractivity (Wildman–Crippen MR) is 74.0 cm³/mol. The molecule has 8 atom stereocenters. The smallest absolute Gasteiger partial charge is 0.358 e. The molecule has 0 aromatic heterocycles. The molecule has 8 heteroatoms. The van der Waals surface area contributed by atoms with Gasteiger partial charge in [-0.25, -0.2) is 9.78 Å². The van der Waals surface area contributed by atoms with Crippen LogP contribution in [0.3, 0.4) is 0 Å². The molecule has 24 heavy (non-hydrogen) atoms. The number of hydrogen-bond donors (Lipinski definition) is 1. The zero-order valence-electron chi connectivity index (χ0n) is 13.9. The fourth-order valence-electron chi connectivity index (χ4n) is 5.25. The monoisotopic (exact) mass is 352 g/mol. The SMILES string of the molecule is C[C@@H]1CC[C@H]2[C@@H](C)[C@@](O)(C(F)(F)F)O[C@@H]3O[C@]4(C)CC[C@@H]1[C@]32OO4. The summed E-state index contributed by atoms with van der Waals surface area (Å²) in [6, 6.07) is 0. The third-order valence-corrected chi connectivity index (χ3v) is 6.69. The second kappa shape index (κ2) is 4.85. The predicted octanol–water partition coefficient (Wildman–Crippen LogP) is 3.12. The van der Waals surface area contributed by atoms with Crippen molar-refractivity contribution in [2.45, 2.75) is 76.1 Å². The van der Waals surface area contributed by atoms with Crippen LogP contribution in [0.1, 0.15) is 46.5 Å². The van der Waals surface area contributed by atoms with Crippen molar-refractivity contribution in [2.75, 3.05) is 0 Å². The molecule has 138 valence electrons. The van der Waals surface area contributed by atoms with Crippen LogP contribution in [0.5, 0.6) is 0 Å². The summed E-state index contributed by atoms with van der Waals surface area (Å²) in [5.74, 6) is -5.94. The Kier molecular flexibility index (Phi) is 3.44. The van der Waals surface area contributed by atoms with Crippen molar-refractivity contribution in [1.29, 1.82) is 0 Å². The van der Waals surface area contributed by atoms with Crippen LogP contribution in [-0.4, -0.2) is 34.7 Å². The van der Waals surface area contributed by atoms with Crippen molar-refractivity contribution < 1.29 is 37.5 Å². The molecule has 5 rings (SSSR count). The van der Waals surface area contributed by atoms with E-state index in [-0.39, 0.29) is 11.8 Å². The molecule has 0 aromatic rings. The first kappa shape index (κ1) is 17.0. The summed E-state index contributed by atoms with van der Waals surface area (Å²) in [6.45, 7) is 5.08. The Morgan fingerprint density at radius 2 is 1.71 bits per heavy atom. The number of alkyl halides is 3. The minimum absolute atomic E-state index is 0.0363. The average molecular weight is 352 g/mol. The maximum absolute atomic E-state index is 13.6. The lowest BCUT2D eigenvalue weighted by Gasteiger charge is -2.62. The Bertz CT molecular complexity index is 542. The lowest BCUT2D eigenvalue weighted by atomic mass is 9.57. The second-order valence-electron chi connectivity index (χ2n) is 8.01. The van der Waals surface area contributed by atoms with Crippen LogP contribution < -0.4 is 0 Å². The Morgan fingerprint density at radius 1 is 1.00 bits per heavy atom. The minimum atomic E-state index is -4.91. The highest BCUT2D eigenvalue weighted by molar-refractivity contribution is 5.12. The molecule has 0 radical (unpaired) electrons. The third-order valence-electron chi connectivity index (χ3n) is 6.69. The molecule has 1 spiro atoms. The number of hydrogen-bond acceptors (Lipinski definition) is 5. The lowest BCUT2D eigenvalue weighted by Crippen LogP contribution is -2.75. The van der Waals surface area contributed by atoms with Gasteiger partial charge in [-0.05, 0) is 38.0 Å². The molecular formula is C16H23F3O5. The molecule has 1 aliphatic carbocycles. The number of halogens is 3. The fourth-order valence-corrected chi connectivity index (χ4v) is 5.25. The molecular weight excluding hydrogens is 329 g/mol. The van der Waals surface area contributed by atoms with E-state index in [4.69, 9.17) is 19.2 Å². The number of aliphatic hydroxyl groups is 1. The molecule has 0 amide bonds. The maximum Gasteiger partial charge on any atom is 0.443 e. The number of rotatable bonds is 0. The van der Waals surface area contributed by atoms with Crippen LogP contribution in [0.15, 0.2) is 0 Å². The molecule has 0 aromatic carbocycles. The van der Waals surface area contributed by atoms with Gasteiger partial charge in [-0.1, -0.05) is 13.8 Å². The zero-order chi connectivity index (χ0) is 17.5. The van der Waals surface area contributed by atoms with E-state index in [2.05, 4.69) is 6.92 Å². The van der Waals surface area contributed by atoms with Crippen molar-refractivity contribution in [3.8, 4) is 0 Å². The van der Waals surface area contributed by atoms with Gasteiger partial charge in [0.25, 0.3) is 5.79 Å². The van der Waals surface area contributed by atoms with E-state index in [1.807, 2.05) is 0 Å². The Balaban J connectivity index is 1.84. The Morgan fingerprint density at radius 3 is 2.38 bits per heavy atom. The highest BCUT2D eigenvalue weighted by atomic mass is 19.4. The quantitative estimate of drug-likeness (QED) is 0.679. The summed E-state index contributed by atoms with van der Waals surface area (Å²) in [7, 11) is 0. The van der Waals surface area contributed by atoms with Gasteiger partial charge in [0.05, 0.1) is 0 Å². The third kappa shape index (κ3) is 1.95. The van der Waals surface area contributed by atoms with Crippen LogP contribution in [0.4, 0.5) is 13.2 Å². The highest BCUT2D eigenvalue weighted by Gasteiger charge is 2.76. The summed E-state index contributed by atoms with van der Waals surface area (Å²) in [5, 5.41) is 10.4. The number of ether oxygens (including phenoxy) is 2. The minimum Gasteiger partial charge on any atom is -0.358 e. The largest absolute Gasteiger partial charge is 0.443 e. The van der Waals surface area contributed by atoms with E-state index in [0.717, 1.165) is 12.8 Å². The molecule has 1 N–H and O–H groups in total.